The van der Waals surface area contributed by atoms with Crippen LogP contribution in [0.4, 0.5) is 5.82 Å². The van der Waals surface area contributed by atoms with E-state index in [1.165, 1.54) is 0 Å². The van der Waals surface area contributed by atoms with Gasteiger partial charge >= 0.3 is 0 Å². The van der Waals surface area contributed by atoms with Gasteiger partial charge < -0.3 is 15.5 Å². The first kappa shape index (κ1) is 19.0. The molecule has 2 N–H and O–H groups in total. The smallest absolute Gasteiger partial charge is 0.253 e. The van der Waals surface area contributed by atoms with Crippen molar-refractivity contribution in [3.8, 4) is 0 Å². The van der Waals surface area contributed by atoms with E-state index in [2.05, 4.69) is 15.6 Å². The number of rotatable bonds is 3. The first-order valence-corrected chi connectivity index (χ1v) is 6.32. The number of amides is 1. The number of pyridine rings is 1. The molecule has 0 bridgehead atoms. The number of carbonyl (C=O) groups excluding carboxylic acids is 1. The molecular weight excluding hydrogens is 299 g/mol. The van der Waals surface area contributed by atoms with Gasteiger partial charge in [-0.15, -0.1) is 24.8 Å². The van der Waals surface area contributed by atoms with Gasteiger partial charge in [-0.2, -0.15) is 0 Å². The van der Waals surface area contributed by atoms with Crippen LogP contribution >= 0.6 is 24.8 Å². The zero-order chi connectivity index (χ0) is 13.0. The van der Waals surface area contributed by atoms with Gasteiger partial charge in [0, 0.05) is 26.3 Å². The summed E-state index contributed by atoms with van der Waals surface area (Å²) in [5.74, 6) is 0.827. The molecule has 0 atom stereocenters. The van der Waals surface area contributed by atoms with Crippen LogP contribution in [0.3, 0.4) is 0 Å². The fraction of sp³-hybridized carbons (Fsp3) is 0.538. The van der Waals surface area contributed by atoms with E-state index >= 15 is 0 Å². The van der Waals surface area contributed by atoms with Crippen LogP contribution in [-0.2, 0) is 0 Å². The van der Waals surface area contributed by atoms with Crippen molar-refractivity contribution in [2.75, 3.05) is 32.1 Å². The number of hydrogen-bond donors (Lipinski definition) is 2. The SMILES string of the molecule is CN(C)c1ccc(C(=O)NC2CCNCC2)cn1.Cl.Cl. The lowest BCUT2D eigenvalue weighted by atomic mass is 10.1. The second-order valence-corrected chi connectivity index (χ2v) is 4.80. The number of hydrogen-bond acceptors (Lipinski definition) is 4. The topological polar surface area (TPSA) is 57.3 Å². The first-order valence-electron chi connectivity index (χ1n) is 6.32. The van der Waals surface area contributed by atoms with Crippen LogP contribution in [-0.4, -0.2) is 44.1 Å². The molecule has 114 valence electrons. The van der Waals surface area contributed by atoms with Crippen molar-refractivity contribution >= 4 is 36.5 Å². The summed E-state index contributed by atoms with van der Waals surface area (Å²) in [5, 5.41) is 6.33. The second kappa shape index (κ2) is 9.00. The average Bonchev–Trinajstić information content (AvgIpc) is 2.40. The molecule has 0 saturated carbocycles. The van der Waals surface area contributed by atoms with Crippen molar-refractivity contribution < 1.29 is 4.79 Å². The van der Waals surface area contributed by atoms with Gasteiger partial charge in [-0.3, -0.25) is 4.79 Å². The second-order valence-electron chi connectivity index (χ2n) is 4.80. The van der Waals surface area contributed by atoms with Crippen LogP contribution < -0.4 is 15.5 Å². The Morgan fingerprint density at radius 1 is 1.30 bits per heavy atom. The minimum Gasteiger partial charge on any atom is -0.363 e. The number of nitrogens with one attached hydrogen (secondary N) is 2. The summed E-state index contributed by atoms with van der Waals surface area (Å²) in [5.41, 5.74) is 0.624. The molecule has 1 aromatic heterocycles. The fourth-order valence-electron chi connectivity index (χ4n) is 2.02. The van der Waals surface area contributed by atoms with Crippen molar-refractivity contribution in [2.45, 2.75) is 18.9 Å². The van der Waals surface area contributed by atoms with E-state index in [9.17, 15) is 4.79 Å². The summed E-state index contributed by atoms with van der Waals surface area (Å²) < 4.78 is 0. The highest BCUT2D eigenvalue weighted by molar-refractivity contribution is 5.94. The minimum absolute atomic E-state index is 0. The third-order valence-corrected chi connectivity index (χ3v) is 3.14. The predicted octanol–water partition coefficient (Wildman–Crippen LogP) is 1.47. The van der Waals surface area contributed by atoms with Crippen molar-refractivity contribution in [3.05, 3.63) is 23.9 Å². The largest absolute Gasteiger partial charge is 0.363 e. The van der Waals surface area contributed by atoms with Crippen molar-refractivity contribution in [3.63, 3.8) is 0 Å². The Morgan fingerprint density at radius 2 is 1.95 bits per heavy atom. The van der Waals surface area contributed by atoms with Crippen LogP contribution in [0.2, 0.25) is 0 Å². The number of carbonyl (C=O) groups is 1. The summed E-state index contributed by atoms with van der Waals surface area (Å²) in [4.78, 5) is 18.2. The first-order chi connectivity index (χ1) is 8.66. The maximum absolute atomic E-state index is 12.0. The molecular formula is C13H22Cl2N4O. The number of nitrogens with zero attached hydrogens (tertiary/aromatic N) is 2. The lowest BCUT2D eigenvalue weighted by Crippen LogP contribution is -2.42. The highest BCUT2D eigenvalue weighted by Gasteiger charge is 2.16. The number of piperidine rings is 1. The van der Waals surface area contributed by atoms with Gasteiger partial charge in [0.2, 0.25) is 0 Å². The van der Waals surface area contributed by atoms with Crippen molar-refractivity contribution in [1.82, 2.24) is 15.6 Å². The standard InChI is InChI=1S/C13H20N4O.2ClH/c1-17(2)12-4-3-10(9-15-12)13(18)16-11-5-7-14-8-6-11;;/h3-4,9,11,14H,5-8H2,1-2H3,(H,16,18);2*1H. The Labute approximate surface area is 132 Å². The minimum atomic E-state index is -0.0280. The number of anilines is 1. The van der Waals surface area contributed by atoms with E-state index in [0.29, 0.717) is 5.56 Å². The molecule has 1 amide bonds. The molecule has 0 aromatic carbocycles. The maximum Gasteiger partial charge on any atom is 0.253 e. The Kier molecular flexibility index (Phi) is 8.53. The molecule has 7 heteroatoms. The molecule has 20 heavy (non-hydrogen) atoms. The normalized spacial score (nSPS) is 14.7. The van der Waals surface area contributed by atoms with Crippen LogP contribution in [0.5, 0.6) is 0 Å². The summed E-state index contributed by atoms with van der Waals surface area (Å²) in [6, 6.07) is 3.96. The van der Waals surface area contributed by atoms with Gasteiger partial charge in [0.05, 0.1) is 5.56 Å². The molecule has 1 fully saturated rings. The monoisotopic (exact) mass is 320 g/mol. The molecule has 0 spiro atoms. The lowest BCUT2D eigenvalue weighted by molar-refractivity contribution is 0.0929. The average molecular weight is 321 g/mol. The van der Waals surface area contributed by atoms with Crippen LogP contribution in [0.1, 0.15) is 23.2 Å². The molecule has 1 aromatic rings. The summed E-state index contributed by atoms with van der Waals surface area (Å²) in [6.45, 7) is 1.95. The van der Waals surface area contributed by atoms with Gasteiger partial charge in [0.25, 0.3) is 5.91 Å². The van der Waals surface area contributed by atoms with E-state index in [1.54, 1.807) is 6.20 Å². The lowest BCUT2D eigenvalue weighted by Gasteiger charge is -2.23. The molecule has 2 rings (SSSR count). The summed E-state index contributed by atoms with van der Waals surface area (Å²) in [6.07, 6.45) is 3.62. The Morgan fingerprint density at radius 3 is 2.45 bits per heavy atom. The van der Waals surface area contributed by atoms with Gasteiger partial charge in [-0.05, 0) is 38.1 Å². The molecule has 1 aliphatic heterocycles. The highest BCUT2D eigenvalue weighted by atomic mass is 35.5. The summed E-state index contributed by atoms with van der Waals surface area (Å²) in [7, 11) is 3.86. The van der Waals surface area contributed by atoms with Crippen LogP contribution in [0.25, 0.3) is 0 Å². The third kappa shape index (κ3) is 5.15. The van der Waals surface area contributed by atoms with E-state index in [4.69, 9.17) is 0 Å². The molecule has 0 unspecified atom stereocenters. The fourth-order valence-corrected chi connectivity index (χ4v) is 2.02. The van der Waals surface area contributed by atoms with Crippen molar-refractivity contribution in [1.29, 1.82) is 0 Å². The van der Waals surface area contributed by atoms with Crippen LogP contribution in [0.15, 0.2) is 18.3 Å². The maximum atomic E-state index is 12.0. The van der Waals surface area contributed by atoms with E-state index in [0.717, 1.165) is 31.7 Å². The van der Waals surface area contributed by atoms with Crippen molar-refractivity contribution in [2.24, 2.45) is 0 Å². The summed E-state index contributed by atoms with van der Waals surface area (Å²) >= 11 is 0. The quantitative estimate of drug-likeness (QED) is 0.885. The van der Waals surface area contributed by atoms with E-state index in [1.807, 2.05) is 31.1 Å². The van der Waals surface area contributed by atoms with Gasteiger partial charge in [0.15, 0.2) is 0 Å². The molecule has 5 nitrogen and oxygen atoms in total. The number of aromatic nitrogens is 1. The Balaban J connectivity index is 0.00000180. The van der Waals surface area contributed by atoms with Gasteiger partial charge in [-0.25, -0.2) is 4.98 Å². The van der Waals surface area contributed by atoms with Gasteiger partial charge in [0.1, 0.15) is 5.82 Å². The molecule has 1 saturated heterocycles. The Bertz CT molecular complexity index is 405. The van der Waals surface area contributed by atoms with E-state index < -0.39 is 0 Å². The zero-order valence-electron chi connectivity index (χ0n) is 11.8. The van der Waals surface area contributed by atoms with Gasteiger partial charge in [-0.1, -0.05) is 0 Å². The number of halogens is 2. The van der Waals surface area contributed by atoms with E-state index in [-0.39, 0.29) is 36.8 Å². The predicted molar refractivity (Wildman–Crippen MR) is 86.4 cm³/mol. The third-order valence-electron chi connectivity index (χ3n) is 3.14. The van der Waals surface area contributed by atoms with Crippen LogP contribution in [0, 0.1) is 0 Å². The molecule has 1 aliphatic rings. The Hall–Kier alpha value is -1.04. The molecule has 0 aliphatic carbocycles. The molecule has 2 heterocycles. The molecule has 0 radical (unpaired) electrons. The zero-order valence-corrected chi connectivity index (χ0v) is 13.4. The highest BCUT2D eigenvalue weighted by Crippen LogP contribution is 2.09.